The van der Waals surface area contributed by atoms with Gasteiger partial charge in [0.2, 0.25) is 11.8 Å². The molecule has 0 fully saturated rings. The van der Waals surface area contributed by atoms with E-state index in [9.17, 15) is 18.0 Å². The molecule has 0 saturated carbocycles. The molecule has 2 N–H and O–H groups in total. The van der Waals surface area contributed by atoms with Gasteiger partial charge in [-0.15, -0.1) is 0 Å². The molecule has 0 unspecified atom stereocenters. The van der Waals surface area contributed by atoms with Crippen LogP contribution in [0.2, 0.25) is 0 Å². The lowest BCUT2D eigenvalue weighted by atomic mass is 9.96. The van der Waals surface area contributed by atoms with E-state index < -0.39 is 15.3 Å². The van der Waals surface area contributed by atoms with Crippen molar-refractivity contribution in [2.24, 2.45) is 5.41 Å². The average Bonchev–Trinajstić information content (AvgIpc) is 2.38. The van der Waals surface area contributed by atoms with Crippen molar-refractivity contribution in [2.75, 3.05) is 18.1 Å². The summed E-state index contributed by atoms with van der Waals surface area (Å²) in [6.07, 6.45) is 1.23. The molecule has 0 aliphatic carbocycles. The van der Waals surface area contributed by atoms with Crippen molar-refractivity contribution < 1.29 is 18.0 Å². The van der Waals surface area contributed by atoms with Crippen molar-refractivity contribution in [1.82, 2.24) is 5.32 Å². The summed E-state index contributed by atoms with van der Waals surface area (Å²) in [5, 5.41) is 5.37. The Balaban J connectivity index is 2.66. The highest BCUT2D eigenvalue weighted by Gasteiger charge is 2.20. The molecule has 23 heavy (non-hydrogen) atoms. The third-order valence-electron chi connectivity index (χ3n) is 3.23. The summed E-state index contributed by atoms with van der Waals surface area (Å²) in [5.74, 6) is -0.409. The van der Waals surface area contributed by atoms with Crippen molar-refractivity contribution in [2.45, 2.75) is 39.0 Å². The SMILES string of the molecule is Cc1ccc(S(C)(=O)=O)cc1NC(=O)CCNC(=O)C(C)(C)C. The Bertz CT molecular complexity index is 703. The smallest absolute Gasteiger partial charge is 0.226 e. The Hall–Kier alpha value is -1.89. The van der Waals surface area contributed by atoms with Crippen LogP contribution in [0.1, 0.15) is 32.8 Å². The van der Waals surface area contributed by atoms with Crippen LogP contribution in [-0.4, -0.2) is 33.0 Å². The van der Waals surface area contributed by atoms with E-state index in [0.717, 1.165) is 11.8 Å². The molecule has 128 valence electrons. The number of anilines is 1. The molecule has 0 aromatic heterocycles. The summed E-state index contributed by atoms with van der Waals surface area (Å²) in [6, 6.07) is 4.59. The lowest BCUT2D eigenvalue weighted by Gasteiger charge is -2.17. The first kappa shape index (κ1) is 19.2. The Labute approximate surface area is 137 Å². The van der Waals surface area contributed by atoms with Crippen LogP contribution in [0.5, 0.6) is 0 Å². The van der Waals surface area contributed by atoms with Gasteiger partial charge in [0.05, 0.1) is 4.90 Å². The Morgan fingerprint density at radius 1 is 1.17 bits per heavy atom. The average molecular weight is 340 g/mol. The molecule has 0 spiro atoms. The van der Waals surface area contributed by atoms with Gasteiger partial charge < -0.3 is 10.6 Å². The largest absolute Gasteiger partial charge is 0.355 e. The maximum absolute atomic E-state index is 11.9. The number of sulfone groups is 1. The van der Waals surface area contributed by atoms with Crippen LogP contribution in [0.25, 0.3) is 0 Å². The number of hydrogen-bond donors (Lipinski definition) is 2. The van der Waals surface area contributed by atoms with Gasteiger partial charge in [0.25, 0.3) is 0 Å². The fraction of sp³-hybridized carbons (Fsp3) is 0.500. The van der Waals surface area contributed by atoms with Crippen molar-refractivity contribution >= 4 is 27.3 Å². The number of benzene rings is 1. The predicted molar refractivity (Wildman–Crippen MR) is 90.0 cm³/mol. The molecule has 0 heterocycles. The standard InChI is InChI=1S/C16H24N2O4S/c1-11-6-7-12(23(5,21)22)10-13(11)18-14(19)8-9-17-15(20)16(2,3)4/h6-7,10H,8-9H2,1-5H3,(H,17,20)(H,18,19). The lowest BCUT2D eigenvalue weighted by molar-refractivity contribution is -0.128. The minimum Gasteiger partial charge on any atom is -0.355 e. The maximum Gasteiger partial charge on any atom is 0.226 e. The first-order valence-corrected chi connectivity index (χ1v) is 9.19. The fourth-order valence-corrected chi connectivity index (χ4v) is 2.38. The Morgan fingerprint density at radius 3 is 2.30 bits per heavy atom. The second-order valence-electron chi connectivity index (χ2n) is 6.55. The van der Waals surface area contributed by atoms with Gasteiger partial charge in [0.15, 0.2) is 9.84 Å². The third-order valence-corrected chi connectivity index (χ3v) is 4.34. The highest BCUT2D eigenvalue weighted by Crippen LogP contribution is 2.20. The van der Waals surface area contributed by atoms with E-state index in [2.05, 4.69) is 10.6 Å². The van der Waals surface area contributed by atoms with E-state index in [1.807, 2.05) is 0 Å². The monoisotopic (exact) mass is 340 g/mol. The highest BCUT2D eigenvalue weighted by molar-refractivity contribution is 7.90. The van der Waals surface area contributed by atoms with E-state index >= 15 is 0 Å². The van der Waals surface area contributed by atoms with Crippen molar-refractivity contribution in [3.8, 4) is 0 Å². The van der Waals surface area contributed by atoms with Crippen molar-refractivity contribution in [3.63, 3.8) is 0 Å². The van der Waals surface area contributed by atoms with Gasteiger partial charge in [-0.3, -0.25) is 9.59 Å². The first-order chi connectivity index (χ1) is 10.4. The quantitative estimate of drug-likeness (QED) is 0.856. The summed E-state index contributed by atoms with van der Waals surface area (Å²) in [6.45, 7) is 7.39. The van der Waals surface area contributed by atoms with Gasteiger partial charge in [-0.25, -0.2) is 8.42 Å². The summed E-state index contributed by atoms with van der Waals surface area (Å²) in [4.78, 5) is 23.8. The Kier molecular flexibility index (Phi) is 5.93. The van der Waals surface area contributed by atoms with Crippen molar-refractivity contribution in [3.05, 3.63) is 23.8 Å². The highest BCUT2D eigenvalue weighted by atomic mass is 32.2. The summed E-state index contributed by atoms with van der Waals surface area (Å²) >= 11 is 0. The number of nitrogens with one attached hydrogen (secondary N) is 2. The van der Waals surface area contributed by atoms with Gasteiger partial charge in [-0.1, -0.05) is 26.8 Å². The molecule has 2 amide bonds. The maximum atomic E-state index is 11.9. The summed E-state index contributed by atoms with van der Waals surface area (Å²) < 4.78 is 23.1. The van der Waals surface area contributed by atoms with Gasteiger partial charge in [-0.05, 0) is 24.6 Å². The molecule has 1 aromatic rings. The van der Waals surface area contributed by atoms with Crippen LogP contribution in [-0.2, 0) is 19.4 Å². The van der Waals surface area contributed by atoms with Crippen LogP contribution >= 0.6 is 0 Å². The van der Waals surface area contributed by atoms with Crippen LogP contribution in [0.3, 0.4) is 0 Å². The van der Waals surface area contributed by atoms with Gasteiger partial charge in [0, 0.05) is 30.3 Å². The van der Waals surface area contributed by atoms with Crippen LogP contribution in [0.15, 0.2) is 23.1 Å². The molecule has 6 nitrogen and oxygen atoms in total. The zero-order valence-corrected chi connectivity index (χ0v) is 15.0. The molecular formula is C16H24N2O4S. The zero-order valence-electron chi connectivity index (χ0n) is 14.2. The minimum atomic E-state index is -3.33. The van der Waals surface area contributed by atoms with Crippen LogP contribution in [0.4, 0.5) is 5.69 Å². The number of carbonyl (C=O) groups is 2. The molecule has 0 radical (unpaired) electrons. The molecule has 1 rings (SSSR count). The number of hydrogen-bond acceptors (Lipinski definition) is 4. The molecule has 1 aromatic carbocycles. The molecule has 0 atom stereocenters. The molecule has 0 aliphatic rings. The van der Waals surface area contributed by atoms with E-state index in [1.165, 1.54) is 12.1 Å². The van der Waals surface area contributed by atoms with E-state index in [4.69, 9.17) is 0 Å². The third kappa shape index (κ3) is 6.02. The number of carbonyl (C=O) groups excluding carboxylic acids is 2. The number of amides is 2. The Morgan fingerprint density at radius 2 is 1.78 bits per heavy atom. The van der Waals surface area contributed by atoms with Crippen molar-refractivity contribution in [1.29, 1.82) is 0 Å². The molecule has 0 bridgehead atoms. The molecular weight excluding hydrogens is 316 g/mol. The minimum absolute atomic E-state index is 0.115. The first-order valence-electron chi connectivity index (χ1n) is 7.30. The van der Waals surface area contributed by atoms with Crippen LogP contribution < -0.4 is 10.6 Å². The second kappa shape index (κ2) is 7.12. The van der Waals surface area contributed by atoms with E-state index in [1.54, 1.807) is 33.8 Å². The normalized spacial score (nSPS) is 11.9. The summed E-state index contributed by atoms with van der Waals surface area (Å²) in [7, 11) is -3.33. The number of aryl methyl sites for hydroxylation is 1. The number of rotatable bonds is 5. The molecule has 0 saturated heterocycles. The van der Waals surface area contributed by atoms with Gasteiger partial charge >= 0.3 is 0 Å². The second-order valence-corrected chi connectivity index (χ2v) is 8.57. The van der Waals surface area contributed by atoms with Crippen LogP contribution in [0, 0.1) is 12.3 Å². The predicted octanol–water partition coefficient (Wildman–Crippen LogP) is 1.89. The van der Waals surface area contributed by atoms with E-state index in [0.29, 0.717) is 5.69 Å². The summed E-state index contributed by atoms with van der Waals surface area (Å²) in [5.41, 5.74) is 0.723. The lowest BCUT2D eigenvalue weighted by Crippen LogP contribution is -2.36. The topological polar surface area (TPSA) is 92.3 Å². The van der Waals surface area contributed by atoms with Gasteiger partial charge in [-0.2, -0.15) is 0 Å². The molecule has 7 heteroatoms. The van der Waals surface area contributed by atoms with Gasteiger partial charge in [0.1, 0.15) is 0 Å². The fourth-order valence-electron chi connectivity index (χ4n) is 1.73. The van der Waals surface area contributed by atoms with E-state index in [-0.39, 0.29) is 29.7 Å². The molecule has 0 aliphatic heterocycles. The zero-order chi connectivity index (χ0) is 17.8.